The van der Waals surface area contributed by atoms with Crippen LogP contribution in [-0.2, 0) is 7.05 Å². The Morgan fingerprint density at radius 3 is 2.70 bits per heavy atom. The average Bonchev–Trinajstić information content (AvgIpc) is 3.06. The van der Waals surface area contributed by atoms with Crippen LogP contribution < -0.4 is 0 Å². The van der Waals surface area contributed by atoms with Gasteiger partial charge in [0.1, 0.15) is 0 Å². The molecule has 5 heteroatoms. The molecule has 2 aromatic heterocycles. The minimum absolute atomic E-state index is 0.117. The van der Waals surface area contributed by atoms with E-state index in [0.717, 1.165) is 58.2 Å². The number of hydrogen-bond donors (Lipinski definition) is 0. The maximum Gasteiger partial charge on any atom is 0.254 e. The highest BCUT2D eigenvalue weighted by atomic mass is 16.2. The van der Waals surface area contributed by atoms with Crippen LogP contribution >= 0.6 is 0 Å². The number of carbonyl (C=O) groups excluding carboxylic acids is 1. The fourth-order valence-corrected chi connectivity index (χ4v) is 4.18. The zero-order valence-corrected chi connectivity index (χ0v) is 16.5. The van der Waals surface area contributed by atoms with Crippen molar-refractivity contribution in [3.8, 4) is 11.3 Å². The van der Waals surface area contributed by atoms with Gasteiger partial charge in [-0.3, -0.25) is 9.48 Å². The summed E-state index contributed by atoms with van der Waals surface area (Å²) in [4.78, 5) is 20.4. The number of fused-ring (bicyclic) bond motifs is 1. The Bertz CT molecular complexity index is 1020. The summed E-state index contributed by atoms with van der Waals surface area (Å²) >= 11 is 0. The maximum absolute atomic E-state index is 13.5. The van der Waals surface area contributed by atoms with E-state index >= 15 is 0 Å². The van der Waals surface area contributed by atoms with Crippen LogP contribution in [0.4, 0.5) is 0 Å². The summed E-state index contributed by atoms with van der Waals surface area (Å²) in [5.74, 6) is 0.117. The van der Waals surface area contributed by atoms with Crippen LogP contribution in [0.5, 0.6) is 0 Å². The second kappa shape index (κ2) is 6.80. The van der Waals surface area contributed by atoms with E-state index in [-0.39, 0.29) is 11.9 Å². The van der Waals surface area contributed by atoms with Crippen LogP contribution in [0.2, 0.25) is 0 Å². The molecule has 0 aliphatic carbocycles. The number of aromatic nitrogens is 3. The van der Waals surface area contributed by atoms with E-state index in [1.54, 1.807) is 10.9 Å². The maximum atomic E-state index is 13.5. The molecule has 27 heavy (non-hydrogen) atoms. The number of piperidine rings is 1. The molecule has 1 fully saturated rings. The smallest absolute Gasteiger partial charge is 0.254 e. The first-order valence-corrected chi connectivity index (χ1v) is 9.66. The standard InChI is InChI=1S/C22H26N4O/c1-14-9-15(2)21-18(22(27)26-8-6-5-7-16(26)3)11-19(24-20(21)10-14)17-12-23-25(4)13-17/h9-13,16H,5-8H2,1-4H3/t16-/m0/s1. The van der Waals surface area contributed by atoms with Crippen LogP contribution in [0.3, 0.4) is 0 Å². The summed E-state index contributed by atoms with van der Waals surface area (Å²) in [5, 5.41) is 5.23. The molecule has 0 radical (unpaired) electrons. The fraction of sp³-hybridized carbons (Fsp3) is 0.409. The summed E-state index contributed by atoms with van der Waals surface area (Å²) in [5.41, 5.74) is 5.61. The number of carbonyl (C=O) groups is 1. The molecule has 1 atom stereocenters. The van der Waals surface area contributed by atoms with Crippen LogP contribution in [0, 0.1) is 13.8 Å². The minimum atomic E-state index is 0.117. The molecule has 4 rings (SSSR count). The zero-order chi connectivity index (χ0) is 19.1. The Morgan fingerprint density at radius 2 is 2.00 bits per heavy atom. The van der Waals surface area contributed by atoms with E-state index in [9.17, 15) is 4.79 Å². The molecule has 0 spiro atoms. The molecule has 3 aromatic rings. The number of amides is 1. The zero-order valence-electron chi connectivity index (χ0n) is 16.5. The predicted octanol–water partition coefficient (Wildman–Crippen LogP) is 4.27. The van der Waals surface area contributed by atoms with E-state index in [4.69, 9.17) is 4.98 Å². The minimum Gasteiger partial charge on any atom is -0.336 e. The van der Waals surface area contributed by atoms with Crippen molar-refractivity contribution in [1.82, 2.24) is 19.7 Å². The fourth-order valence-electron chi connectivity index (χ4n) is 4.18. The molecule has 1 amide bonds. The number of nitrogens with zero attached hydrogens (tertiary/aromatic N) is 4. The predicted molar refractivity (Wildman–Crippen MR) is 108 cm³/mol. The summed E-state index contributed by atoms with van der Waals surface area (Å²) in [6.45, 7) is 7.12. The van der Waals surface area contributed by atoms with Crippen LogP contribution in [0.25, 0.3) is 22.2 Å². The topological polar surface area (TPSA) is 51.0 Å². The number of likely N-dealkylation sites (tertiary alicyclic amines) is 1. The number of hydrogen-bond acceptors (Lipinski definition) is 3. The van der Waals surface area contributed by atoms with Crippen molar-refractivity contribution >= 4 is 16.8 Å². The van der Waals surface area contributed by atoms with Crippen molar-refractivity contribution in [2.75, 3.05) is 6.54 Å². The van der Waals surface area contributed by atoms with Gasteiger partial charge in [-0.2, -0.15) is 5.10 Å². The molecule has 0 bridgehead atoms. The molecule has 0 N–H and O–H groups in total. The molecule has 1 aliphatic rings. The normalized spacial score (nSPS) is 17.5. The van der Waals surface area contributed by atoms with E-state index < -0.39 is 0 Å². The number of rotatable bonds is 2. The Kier molecular flexibility index (Phi) is 4.46. The molecule has 0 saturated carbocycles. The Labute approximate surface area is 160 Å². The second-order valence-electron chi connectivity index (χ2n) is 7.78. The second-order valence-corrected chi connectivity index (χ2v) is 7.78. The van der Waals surface area contributed by atoms with Crippen molar-refractivity contribution in [1.29, 1.82) is 0 Å². The van der Waals surface area contributed by atoms with Crippen LogP contribution in [0.1, 0.15) is 47.7 Å². The lowest BCUT2D eigenvalue weighted by atomic mass is 9.96. The molecule has 1 aromatic carbocycles. The monoisotopic (exact) mass is 362 g/mol. The van der Waals surface area contributed by atoms with Crippen molar-refractivity contribution in [3.63, 3.8) is 0 Å². The SMILES string of the molecule is Cc1cc(C)c2c(C(=O)N3CCCC[C@@H]3C)cc(-c3cnn(C)c3)nc2c1. The quantitative estimate of drug-likeness (QED) is 0.684. The van der Waals surface area contributed by atoms with E-state index in [0.29, 0.717) is 0 Å². The molecule has 1 saturated heterocycles. The molecule has 5 nitrogen and oxygen atoms in total. The molecule has 1 aliphatic heterocycles. The van der Waals surface area contributed by atoms with Gasteiger partial charge in [-0.25, -0.2) is 4.98 Å². The number of benzene rings is 1. The van der Waals surface area contributed by atoms with Gasteiger partial charge in [0.15, 0.2) is 0 Å². The van der Waals surface area contributed by atoms with Gasteiger partial charge in [0.05, 0.1) is 23.0 Å². The summed E-state index contributed by atoms with van der Waals surface area (Å²) in [7, 11) is 1.89. The lowest BCUT2D eigenvalue weighted by Gasteiger charge is -2.34. The van der Waals surface area contributed by atoms with Gasteiger partial charge < -0.3 is 4.90 Å². The van der Waals surface area contributed by atoms with Gasteiger partial charge in [0.2, 0.25) is 0 Å². The summed E-state index contributed by atoms with van der Waals surface area (Å²) in [6.07, 6.45) is 7.08. The van der Waals surface area contributed by atoms with Gasteiger partial charge in [-0.15, -0.1) is 0 Å². The van der Waals surface area contributed by atoms with Crippen LogP contribution in [-0.4, -0.2) is 38.2 Å². The third kappa shape index (κ3) is 3.22. The van der Waals surface area contributed by atoms with Gasteiger partial charge >= 0.3 is 0 Å². The lowest BCUT2D eigenvalue weighted by molar-refractivity contribution is 0.0637. The highest BCUT2D eigenvalue weighted by Crippen LogP contribution is 2.30. The Hall–Kier alpha value is -2.69. The summed E-state index contributed by atoms with van der Waals surface area (Å²) < 4.78 is 1.76. The average molecular weight is 362 g/mol. The Balaban J connectivity index is 1.92. The van der Waals surface area contributed by atoms with E-state index in [1.165, 1.54) is 6.42 Å². The van der Waals surface area contributed by atoms with Gasteiger partial charge in [0.25, 0.3) is 5.91 Å². The number of aryl methyl sites for hydroxylation is 3. The van der Waals surface area contributed by atoms with Crippen molar-refractivity contribution in [2.24, 2.45) is 7.05 Å². The summed E-state index contributed by atoms with van der Waals surface area (Å²) in [6, 6.07) is 6.43. The lowest BCUT2D eigenvalue weighted by Crippen LogP contribution is -2.42. The Morgan fingerprint density at radius 1 is 1.19 bits per heavy atom. The van der Waals surface area contributed by atoms with E-state index in [2.05, 4.69) is 38.0 Å². The van der Waals surface area contributed by atoms with Crippen LogP contribution in [0.15, 0.2) is 30.6 Å². The van der Waals surface area contributed by atoms with Gasteiger partial charge in [-0.1, -0.05) is 6.07 Å². The third-order valence-corrected chi connectivity index (χ3v) is 5.55. The van der Waals surface area contributed by atoms with Gasteiger partial charge in [0, 0.05) is 36.8 Å². The first-order valence-electron chi connectivity index (χ1n) is 9.66. The largest absolute Gasteiger partial charge is 0.336 e. The van der Waals surface area contributed by atoms with Crippen molar-refractivity contribution < 1.29 is 4.79 Å². The number of pyridine rings is 1. The molecular formula is C22H26N4O. The highest BCUT2D eigenvalue weighted by molar-refractivity contribution is 6.08. The van der Waals surface area contributed by atoms with E-state index in [1.807, 2.05) is 24.2 Å². The van der Waals surface area contributed by atoms with Crippen molar-refractivity contribution in [2.45, 2.75) is 46.1 Å². The highest BCUT2D eigenvalue weighted by Gasteiger charge is 2.27. The van der Waals surface area contributed by atoms with Crippen molar-refractivity contribution in [3.05, 3.63) is 47.3 Å². The molecular weight excluding hydrogens is 336 g/mol. The first-order chi connectivity index (χ1) is 12.9. The third-order valence-electron chi connectivity index (χ3n) is 5.55. The first kappa shape index (κ1) is 17.7. The molecule has 140 valence electrons. The molecule has 3 heterocycles. The van der Waals surface area contributed by atoms with Gasteiger partial charge in [-0.05, 0) is 63.3 Å². The molecule has 0 unspecified atom stereocenters.